The van der Waals surface area contributed by atoms with Gasteiger partial charge in [0, 0.05) is 19.1 Å². The highest BCUT2D eigenvalue weighted by Gasteiger charge is 2.57. The highest BCUT2D eigenvalue weighted by atomic mass is 35.5. The fourth-order valence-corrected chi connectivity index (χ4v) is 3.49. The third-order valence-corrected chi connectivity index (χ3v) is 5.02. The number of likely N-dealkylation sites (tertiary alicyclic amines) is 1. The largest absolute Gasteiger partial charge is 0.395 e. The molecule has 1 aromatic carbocycles. The second-order valence-electron chi connectivity index (χ2n) is 6.52. The zero-order chi connectivity index (χ0) is 17.0. The Labute approximate surface area is 143 Å². The normalized spacial score (nSPS) is 25.3. The molecule has 3 rings (SSSR count). The summed E-state index contributed by atoms with van der Waals surface area (Å²) in [5, 5.41) is 0. The van der Waals surface area contributed by atoms with E-state index in [0.717, 1.165) is 0 Å². The minimum atomic E-state index is -4.42. The SMILES string of the molecule is Cc1c(F)cccc1C1(C(=O)N2C[C@H](N)[C@@H](C(F)(F)F)C2)CC1.Cl. The van der Waals surface area contributed by atoms with Gasteiger partial charge >= 0.3 is 6.18 Å². The molecule has 134 valence electrons. The summed E-state index contributed by atoms with van der Waals surface area (Å²) in [5.41, 5.74) is 5.65. The molecule has 8 heteroatoms. The summed E-state index contributed by atoms with van der Waals surface area (Å²) >= 11 is 0. The summed E-state index contributed by atoms with van der Waals surface area (Å²) in [4.78, 5) is 14.0. The summed E-state index contributed by atoms with van der Waals surface area (Å²) in [5.74, 6) is -2.47. The Morgan fingerprint density at radius 2 is 1.92 bits per heavy atom. The van der Waals surface area contributed by atoms with Crippen LogP contribution in [0.5, 0.6) is 0 Å². The predicted octanol–water partition coefficient (Wildman–Crippen LogP) is 2.94. The van der Waals surface area contributed by atoms with E-state index in [-0.39, 0.29) is 24.9 Å². The van der Waals surface area contributed by atoms with E-state index in [4.69, 9.17) is 5.73 Å². The van der Waals surface area contributed by atoms with Crippen LogP contribution in [0.4, 0.5) is 17.6 Å². The number of benzene rings is 1. The van der Waals surface area contributed by atoms with Gasteiger partial charge in [-0.05, 0) is 37.0 Å². The number of halogens is 5. The molecule has 1 saturated heterocycles. The lowest BCUT2D eigenvalue weighted by Crippen LogP contribution is -2.39. The van der Waals surface area contributed by atoms with Crippen molar-refractivity contribution in [3.8, 4) is 0 Å². The van der Waals surface area contributed by atoms with Crippen LogP contribution < -0.4 is 5.73 Å². The fraction of sp³-hybridized carbons (Fsp3) is 0.562. The van der Waals surface area contributed by atoms with Crippen molar-refractivity contribution in [2.24, 2.45) is 11.7 Å². The topological polar surface area (TPSA) is 46.3 Å². The van der Waals surface area contributed by atoms with Gasteiger partial charge in [0.15, 0.2) is 0 Å². The van der Waals surface area contributed by atoms with Gasteiger partial charge < -0.3 is 10.6 Å². The van der Waals surface area contributed by atoms with E-state index in [1.165, 1.54) is 17.0 Å². The molecule has 1 aromatic rings. The maximum atomic E-state index is 13.8. The lowest BCUT2D eigenvalue weighted by molar-refractivity contribution is -0.173. The van der Waals surface area contributed by atoms with Crippen LogP contribution in [0.25, 0.3) is 0 Å². The Hall–Kier alpha value is -1.34. The van der Waals surface area contributed by atoms with Crippen molar-refractivity contribution >= 4 is 18.3 Å². The van der Waals surface area contributed by atoms with E-state index in [2.05, 4.69) is 0 Å². The highest BCUT2D eigenvalue weighted by Crippen LogP contribution is 2.51. The van der Waals surface area contributed by atoms with Crippen LogP contribution in [0.3, 0.4) is 0 Å². The third-order valence-electron chi connectivity index (χ3n) is 5.02. The summed E-state index contributed by atoms with van der Waals surface area (Å²) < 4.78 is 52.6. The van der Waals surface area contributed by atoms with E-state index >= 15 is 0 Å². The van der Waals surface area contributed by atoms with Crippen molar-refractivity contribution in [2.75, 3.05) is 13.1 Å². The van der Waals surface area contributed by atoms with E-state index < -0.39 is 35.9 Å². The molecular formula is C16H19ClF4N2O. The minimum Gasteiger partial charge on any atom is -0.340 e. The van der Waals surface area contributed by atoms with Crippen LogP contribution in [0.15, 0.2) is 18.2 Å². The number of nitrogens with zero attached hydrogens (tertiary/aromatic N) is 1. The van der Waals surface area contributed by atoms with Gasteiger partial charge in [0.25, 0.3) is 0 Å². The first kappa shape index (κ1) is 19.0. The molecule has 1 saturated carbocycles. The number of nitrogens with two attached hydrogens (primary N) is 1. The third kappa shape index (κ3) is 2.99. The zero-order valence-electron chi connectivity index (χ0n) is 13.1. The van der Waals surface area contributed by atoms with Gasteiger partial charge in [-0.2, -0.15) is 13.2 Å². The number of hydrogen-bond donors (Lipinski definition) is 1. The molecule has 3 nitrogen and oxygen atoms in total. The van der Waals surface area contributed by atoms with Crippen LogP contribution in [0, 0.1) is 18.7 Å². The Bertz CT molecular complexity index is 645. The number of carbonyl (C=O) groups is 1. The molecule has 1 aliphatic heterocycles. The molecule has 2 atom stereocenters. The summed E-state index contributed by atoms with van der Waals surface area (Å²) in [6.45, 7) is 1.06. The Balaban J connectivity index is 0.00000208. The van der Waals surface area contributed by atoms with E-state index in [0.29, 0.717) is 24.0 Å². The van der Waals surface area contributed by atoms with Crippen molar-refractivity contribution in [1.82, 2.24) is 4.90 Å². The van der Waals surface area contributed by atoms with Gasteiger partial charge in [-0.1, -0.05) is 12.1 Å². The maximum absolute atomic E-state index is 13.8. The van der Waals surface area contributed by atoms with Crippen LogP contribution in [-0.4, -0.2) is 36.1 Å². The number of carbonyl (C=O) groups excluding carboxylic acids is 1. The van der Waals surface area contributed by atoms with Crippen LogP contribution in [0.1, 0.15) is 24.0 Å². The Kier molecular flexibility index (Phi) is 4.89. The smallest absolute Gasteiger partial charge is 0.340 e. The summed E-state index contributed by atoms with van der Waals surface area (Å²) in [6.07, 6.45) is -3.36. The van der Waals surface area contributed by atoms with Crippen LogP contribution >= 0.6 is 12.4 Å². The molecule has 2 fully saturated rings. The zero-order valence-corrected chi connectivity index (χ0v) is 13.9. The molecule has 1 amide bonds. The second-order valence-corrected chi connectivity index (χ2v) is 6.52. The quantitative estimate of drug-likeness (QED) is 0.818. The molecule has 0 spiro atoms. The van der Waals surface area contributed by atoms with Crippen molar-refractivity contribution in [2.45, 2.75) is 37.4 Å². The first-order valence-corrected chi connectivity index (χ1v) is 7.54. The standard InChI is InChI=1S/C16H18F4N2O.ClH/c1-9-10(3-2-4-12(9)17)15(5-6-15)14(23)22-7-11(13(21)8-22)16(18,19)20;/h2-4,11,13H,5-8,21H2,1H3;1H/t11-,13-;/m0./s1. The molecule has 1 aliphatic carbocycles. The van der Waals surface area contributed by atoms with Gasteiger partial charge in [0.1, 0.15) is 5.82 Å². The molecule has 2 aliphatic rings. The minimum absolute atomic E-state index is 0. The number of hydrogen-bond acceptors (Lipinski definition) is 2. The van der Waals surface area contributed by atoms with E-state index in [1.54, 1.807) is 13.0 Å². The predicted molar refractivity (Wildman–Crippen MR) is 83.4 cm³/mol. The van der Waals surface area contributed by atoms with Gasteiger partial charge in [-0.25, -0.2) is 4.39 Å². The van der Waals surface area contributed by atoms with Crippen molar-refractivity contribution in [3.05, 3.63) is 35.1 Å². The van der Waals surface area contributed by atoms with Gasteiger partial charge in [0.05, 0.1) is 11.3 Å². The van der Waals surface area contributed by atoms with Crippen molar-refractivity contribution in [3.63, 3.8) is 0 Å². The molecule has 0 aromatic heterocycles. The van der Waals surface area contributed by atoms with E-state index in [1.807, 2.05) is 0 Å². The fourth-order valence-electron chi connectivity index (χ4n) is 3.49. The molecular weight excluding hydrogens is 348 g/mol. The molecule has 24 heavy (non-hydrogen) atoms. The summed E-state index contributed by atoms with van der Waals surface area (Å²) in [7, 11) is 0. The Morgan fingerprint density at radius 1 is 1.29 bits per heavy atom. The number of rotatable bonds is 2. The van der Waals surface area contributed by atoms with Crippen molar-refractivity contribution < 1.29 is 22.4 Å². The van der Waals surface area contributed by atoms with Crippen LogP contribution in [0.2, 0.25) is 0 Å². The number of amides is 1. The maximum Gasteiger partial charge on any atom is 0.395 e. The van der Waals surface area contributed by atoms with E-state index in [9.17, 15) is 22.4 Å². The van der Waals surface area contributed by atoms with Gasteiger partial charge in [-0.15, -0.1) is 12.4 Å². The van der Waals surface area contributed by atoms with Crippen LogP contribution in [-0.2, 0) is 10.2 Å². The molecule has 1 heterocycles. The second kappa shape index (κ2) is 6.19. The van der Waals surface area contributed by atoms with Gasteiger partial charge in [-0.3, -0.25) is 4.79 Å². The number of alkyl halides is 3. The Morgan fingerprint density at radius 3 is 2.42 bits per heavy atom. The van der Waals surface area contributed by atoms with Crippen molar-refractivity contribution in [1.29, 1.82) is 0 Å². The summed E-state index contributed by atoms with van der Waals surface area (Å²) in [6, 6.07) is 3.41. The van der Waals surface area contributed by atoms with Gasteiger partial charge in [0.2, 0.25) is 5.91 Å². The average molecular weight is 367 g/mol. The molecule has 0 unspecified atom stereocenters. The lowest BCUT2D eigenvalue weighted by atomic mass is 9.90. The lowest BCUT2D eigenvalue weighted by Gasteiger charge is -2.25. The highest BCUT2D eigenvalue weighted by molar-refractivity contribution is 5.92. The monoisotopic (exact) mass is 366 g/mol. The first-order valence-electron chi connectivity index (χ1n) is 7.54. The first-order chi connectivity index (χ1) is 10.7. The molecule has 0 bridgehead atoms. The average Bonchev–Trinajstić information content (AvgIpc) is 3.16. The molecule has 2 N–H and O–H groups in total. The molecule has 0 radical (unpaired) electrons.